The molecule has 128 valence electrons. The summed E-state index contributed by atoms with van der Waals surface area (Å²) in [4.78, 5) is 17.0. The summed E-state index contributed by atoms with van der Waals surface area (Å²) in [6, 6.07) is 10.0. The van der Waals surface area contributed by atoms with E-state index in [4.69, 9.17) is 0 Å². The first kappa shape index (κ1) is 16.7. The average molecular weight is 326 g/mol. The second-order valence-electron chi connectivity index (χ2n) is 6.49. The van der Waals surface area contributed by atoms with E-state index in [1.54, 1.807) is 0 Å². The molecule has 5 heteroatoms. The van der Waals surface area contributed by atoms with Crippen LogP contribution >= 0.6 is 0 Å². The minimum absolute atomic E-state index is 0.0154. The maximum Gasteiger partial charge on any atom is 0.239 e. The van der Waals surface area contributed by atoms with Crippen molar-refractivity contribution in [3.05, 3.63) is 48.3 Å². The molecule has 0 radical (unpaired) electrons. The lowest BCUT2D eigenvalue weighted by molar-refractivity contribution is -0.136. The van der Waals surface area contributed by atoms with Crippen LogP contribution in [0.15, 0.2) is 42.7 Å². The van der Waals surface area contributed by atoms with Gasteiger partial charge in [0.15, 0.2) is 0 Å². The third-order valence-electron chi connectivity index (χ3n) is 4.71. The highest BCUT2D eigenvalue weighted by molar-refractivity contribution is 5.81. The van der Waals surface area contributed by atoms with Gasteiger partial charge in [0, 0.05) is 25.4 Å². The van der Waals surface area contributed by atoms with Crippen LogP contribution in [0.2, 0.25) is 0 Å². The van der Waals surface area contributed by atoms with Gasteiger partial charge in [0.25, 0.3) is 0 Å². The predicted molar refractivity (Wildman–Crippen MR) is 94.9 cm³/mol. The SMILES string of the molecule is CC[C@H](C(=O)N(C)Cc1cnn(-c2ccccc2)c1)N1CCCC1. The van der Waals surface area contributed by atoms with Gasteiger partial charge in [0.05, 0.1) is 17.9 Å². The van der Waals surface area contributed by atoms with E-state index in [2.05, 4.69) is 16.9 Å². The Morgan fingerprint density at radius 3 is 2.62 bits per heavy atom. The number of hydrogen-bond acceptors (Lipinski definition) is 3. The highest BCUT2D eigenvalue weighted by atomic mass is 16.2. The van der Waals surface area contributed by atoms with Crippen LogP contribution in [0.25, 0.3) is 5.69 Å². The number of hydrogen-bond donors (Lipinski definition) is 0. The van der Waals surface area contributed by atoms with Crippen LogP contribution in [-0.2, 0) is 11.3 Å². The van der Waals surface area contributed by atoms with Crippen molar-refractivity contribution in [3.8, 4) is 5.69 Å². The van der Waals surface area contributed by atoms with Gasteiger partial charge in [-0.3, -0.25) is 9.69 Å². The number of aromatic nitrogens is 2. The number of nitrogens with zero attached hydrogens (tertiary/aromatic N) is 4. The lowest BCUT2D eigenvalue weighted by Gasteiger charge is -2.29. The molecule has 0 spiro atoms. The third kappa shape index (κ3) is 3.67. The molecule has 1 saturated heterocycles. The summed E-state index contributed by atoms with van der Waals surface area (Å²) in [7, 11) is 1.89. The van der Waals surface area contributed by atoms with E-state index >= 15 is 0 Å². The van der Waals surface area contributed by atoms with Gasteiger partial charge in [-0.1, -0.05) is 25.1 Å². The minimum Gasteiger partial charge on any atom is -0.340 e. The minimum atomic E-state index is 0.0154. The van der Waals surface area contributed by atoms with Gasteiger partial charge in [0.1, 0.15) is 0 Å². The van der Waals surface area contributed by atoms with Gasteiger partial charge in [-0.25, -0.2) is 4.68 Å². The van der Waals surface area contributed by atoms with Crippen LogP contribution < -0.4 is 0 Å². The van der Waals surface area contributed by atoms with Gasteiger partial charge < -0.3 is 4.90 Å². The normalized spacial score (nSPS) is 16.2. The Bertz CT molecular complexity index is 661. The second kappa shape index (κ2) is 7.62. The highest BCUT2D eigenvalue weighted by Gasteiger charge is 2.28. The summed E-state index contributed by atoms with van der Waals surface area (Å²) in [6.45, 7) is 4.78. The van der Waals surface area contributed by atoms with Crippen molar-refractivity contribution in [1.29, 1.82) is 0 Å². The number of benzene rings is 1. The number of carbonyl (C=O) groups excluding carboxylic acids is 1. The molecule has 1 aliphatic heterocycles. The van der Waals surface area contributed by atoms with E-state index in [9.17, 15) is 4.79 Å². The monoisotopic (exact) mass is 326 g/mol. The zero-order valence-corrected chi connectivity index (χ0v) is 14.6. The summed E-state index contributed by atoms with van der Waals surface area (Å²) in [5.74, 6) is 0.215. The summed E-state index contributed by atoms with van der Waals surface area (Å²) < 4.78 is 1.85. The number of para-hydroxylation sites is 1. The predicted octanol–water partition coefficient (Wildman–Crippen LogP) is 2.71. The van der Waals surface area contributed by atoms with Crippen molar-refractivity contribution in [2.24, 2.45) is 0 Å². The van der Waals surface area contributed by atoms with Crippen LogP contribution in [0.4, 0.5) is 0 Å². The van der Waals surface area contributed by atoms with E-state index < -0.39 is 0 Å². The van der Waals surface area contributed by atoms with Crippen molar-refractivity contribution in [1.82, 2.24) is 19.6 Å². The maximum absolute atomic E-state index is 12.8. The molecule has 3 rings (SSSR count). The molecule has 1 aliphatic rings. The molecule has 1 aromatic carbocycles. The molecule has 1 fully saturated rings. The van der Waals surface area contributed by atoms with E-state index in [0.717, 1.165) is 30.8 Å². The van der Waals surface area contributed by atoms with Crippen molar-refractivity contribution in [2.75, 3.05) is 20.1 Å². The maximum atomic E-state index is 12.8. The lowest BCUT2D eigenvalue weighted by Crippen LogP contribution is -2.45. The largest absolute Gasteiger partial charge is 0.340 e. The van der Waals surface area contributed by atoms with Gasteiger partial charge in [-0.2, -0.15) is 5.10 Å². The van der Waals surface area contributed by atoms with Gasteiger partial charge >= 0.3 is 0 Å². The Morgan fingerprint density at radius 1 is 1.25 bits per heavy atom. The fraction of sp³-hybridized carbons (Fsp3) is 0.474. The molecule has 0 bridgehead atoms. The molecule has 0 unspecified atom stereocenters. The topological polar surface area (TPSA) is 41.4 Å². The Labute approximate surface area is 143 Å². The molecule has 5 nitrogen and oxygen atoms in total. The summed E-state index contributed by atoms with van der Waals surface area (Å²) in [6.07, 6.45) is 7.12. The quantitative estimate of drug-likeness (QED) is 0.819. The Kier molecular flexibility index (Phi) is 5.30. The number of likely N-dealkylation sites (N-methyl/N-ethyl adjacent to an activating group) is 1. The molecule has 24 heavy (non-hydrogen) atoms. The average Bonchev–Trinajstić information content (AvgIpc) is 3.28. The second-order valence-corrected chi connectivity index (χ2v) is 6.49. The number of carbonyl (C=O) groups is 1. The number of likely N-dealkylation sites (tertiary alicyclic amines) is 1. The Morgan fingerprint density at radius 2 is 1.96 bits per heavy atom. The molecule has 1 amide bonds. The number of rotatable bonds is 6. The first-order valence-corrected chi connectivity index (χ1v) is 8.77. The molecular formula is C19H26N4O. The number of amides is 1. The Balaban J connectivity index is 1.65. The Hall–Kier alpha value is -2.14. The standard InChI is InChI=1S/C19H26N4O/c1-3-18(22-11-7-8-12-22)19(24)21(2)14-16-13-20-23(15-16)17-9-5-4-6-10-17/h4-6,9-10,13,15,18H,3,7-8,11-12,14H2,1-2H3/t18-/m1/s1. The van der Waals surface area contributed by atoms with E-state index in [-0.39, 0.29) is 11.9 Å². The summed E-state index contributed by atoms with van der Waals surface area (Å²) >= 11 is 0. The fourth-order valence-electron chi connectivity index (χ4n) is 3.41. The molecule has 2 aromatic rings. The summed E-state index contributed by atoms with van der Waals surface area (Å²) in [5.41, 5.74) is 2.08. The van der Waals surface area contributed by atoms with Crippen molar-refractivity contribution in [3.63, 3.8) is 0 Å². The van der Waals surface area contributed by atoms with Crippen LogP contribution in [0, 0.1) is 0 Å². The molecule has 0 aliphatic carbocycles. The lowest BCUT2D eigenvalue weighted by atomic mass is 10.1. The third-order valence-corrected chi connectivity index (χ3v) is 4.71. The molecule has 1 aromatic heterocycles. The van der Waals surface area contributed by atoms with Crippen molar-refractivity contribution < 1.29 is 4.79 Å². The fourth-order valence-corrected chi connectivity index (χ4v) is 3.41. The van der Waals surface area contributed by atoms with E-state index in [0.29, 0.717) is 6.54 Å². The van der Waals surface area contributed by atoms with Crippen LogP contribution in [-0.4, -0.2) is 51.7 Å². The molecule has 2 heterocycles. The molecule has 1 atom stereocenters. The van der Waals surface area contributed by atoms with Gasteiger partial charge in [-0.15, -0.1) is 0 Å². The zero-order chi connectivity index (χ0) is 16.9. The van der Waals surface area contributed by atoms with Gasteiger partial charge in [0.2, 0.25) is 5.91 Å². The van der Waals surface area contributed by atoms with Crippen molar-refractivity contribution >= 4 is 5.91 Å². The highest BCUT2D eigenvalue weighted by Crippen LogP contribution is 2.17. The summed E-state index contributed by atoms with van der Waals surface area (Å²) in [5, 5.41) is 4.41. The van der Waals surface area contributed by atoms with Gasteiger partial charge in [-0.05, 0) is 44.5 Å². The molecule has 0 saturated carbocycles. The van der Waals surface area contributed by atoms with Crippen LogP contribution in [0.5, 0.6) is 0 Å². The molecule has 0 N–H and O–H groups in total. The molecular weight excluding hydrogens is 300 g/mol. The van der Waals surface area contributed by atoms with E-state index in [1.165, 1.54) is 12.8 Å². The zero-order valence-electron chi connectivity index (χ0n) is 14.6. The smallest absolute Gasteiger partial charge is 0.239 e. The van der Waals surface area contributed by atoms with Crippen molar-refractivity contribution in [2.45, 2.75) is 38.8 Å². The first-order chi connectivity index (χ1) is 11.7. The van der Waals surface area contributed by atoms with Crippen LogP contribution in [0.1, 0.15) is 31.7 Å². The van der Waals surface area contributed by atoms with E-state index in [1.807, 2.05) is 59.4 Å². The van der Waals surface area contributed by atoms with Crippen LogP contribution in [0.3, 0.4) is 0 Å². The first-order valence-electron chi connectivity index (χ1n) is 8.77.